The number of hydrogen-bond donors (Lipinski definition) is 1. The zero-order valence-electron chi connectivity index (χ0n) is 19.6. The van der Waals surface area contributed by atoms with Crippen molar-refractivity contribution in [1.29, 1.82) is 0 Å². The monoisotopic (exact) mass is 499 g/mol. The van der Waals surface area contributed by atoms with Crippen molar-refractivity contribution >= 4 is 39.1 Å². The molecular formula is C23H34ClN3O5S. The lowest BCUT2D eigenvalue weighted by molar-refractivity contribution is -0.115. The van der Waals surface area contributed by atoms with Crippen molar-refractivity contribution in [1.82, 2.24) is 9.80 Å². The number of sulfone groups is 1. The smallest absolute Gasteiger partial charge is 0.410 e. The SMILES string of the molecule is Cc1c(CN2CCN(C(=O)OC3CCCC3)[C@@H](C)C2)cc(Cl)cc1NC(=O)CCS(C)(=O)=O. The number of carbonyl (C=O) groups excluding carboxylic acids is 2. The molecule has 33 heavy (non-hydrogen) atoms. The Hall–Kier alpha value is -1.84. The predicted octanol–water partition coefficient (Wildman–Crippen LogP) is 3.61. The normalized spacial score (nSPS) is 20.1. The van der Waals surface area contributed by atoms with Gasteiger partial charge >= 0.3 is 6.09 Å². The van der Waals surface area contributed by atoms with Gasteiger partial charge in [-0.05, 0) is 62.8 Å². The van der Waals surface area contributed by atoms with Crippen molar-refractivity contribution in [2.45, 2.75) is 64.6 Å². The molecule has 3 rings (SSSR count). The number of hydrogen-bond acceptors (Lipinski definition) is 6. The van der Waals surface area contributed by atoms with Gasteiger partial charge < -0.3 is 15.0 Å². The quantitative estimate of drug-likeness (QED) is 0.615. The lowest BCUT2D eigenvalue weighted by Crippen LogP contribution is -2.54. The molecule has 2 fully saturated rings. The second-order valence-corrected chi connectivity index (χ2v) is 11.9. The van der Waals surface area contributed by atoms with Crippen molar-refractivity contribution in [2.75, 3.05) is 37.0 Å². The highest BCUT2D eigenvalue weighted by atomic mass is 35.5. The molecule has 1 aromatic carbocycles. The van der Waals surface area contributed by atoms with E-state index in [-0.39, 0.29) is 36.3 Å². The van der Waals surface area contributed by atoms with Crippen molar-refractivity contribution in [2.24, 2.45) is 0 Å². The number of rotatable bonds is 7. The van der Waals surface area contributed by atoms with Crippen LogP contribution in [0.4, 0.5) is 10.5 Å². The number of benzene rings is 1. The number of anilines is 1. The summed E-state index contributed by atoms with van der Waals surface area (Å²) in [6.07, 6.45) is 5.02. The number of piperazine rings is 1. The summed E-state index contributed by atoms with van der Waals surface area (Å²) in [5.74, 6) is -0.559. The molecule has 2 amide bonds. The summed E-state index contributed by atoms with van der Waals surface area (Å²) >= 11 is 6.31. The van der Waals surface area contributed by atoms with Crippen LogP contribution in [-0.4, -0.2) is 74.0 Å². The molecule has 8 nitrogen and oxygen atoms in total. The molecule has 0 radical (unpaired) electrons. The topological polar surface area (TPSA) is 96.0 Å². The molecule has 184 valence electrons. The summed E-state index contributed by atoms with van der Waals surface area (Å²) < 4.78 is 28.3. The van der Waals surface area contributed by atoms with E-state index in [0.717, 1.165) is 43.1 Å². The summed E-state index contributed by atoms with van der Waals surface area (Å²) in [7, 11) is -3.21. The Labute approximate surface area is 201 Å². The maximum Gasteiger partial charge on any atom is 0.410 e. The molecular weight excluding hydrogens is 466 g/mol. The second kappa shape index (κ2) is 11.1. The number of nitrogens with one attached hydrogen (secondary N) is 1. The molecule has 0 spiro atoms. The first-order chi connectivity index (χ1) is 15.5. The van der Waals surface area contributed by atoms with E-state index in [1.54, 1.807) is 6.07 Å². The van der Waals surface area contributed by atoms with Gasteiger partial charge in [0.05, 0.1) is 5.75 Å². The van der Waals surface area contributed by atoms with E-state index in [1.165, 1.54) is 0 Å². The van der Waals surface area contributed by atoms with Crippen LogP contribution in [0, 0.1) is 6.92 Å². The van der Waals surface area contributed by atoms with Gasteiger partial charge in [-0.25, -0.2) is 13.2 Å². The van der Waals surface area contributed by atoms with Crippen LogP contribution in [0.5, 0.6) is 0 Å². The average Bonchev–Trinajstić information content (AvgIpc) is 3.22. The summed E-state index contributed by atoms with van der Waals surface area (Å²) in [4.78, 5) is 28.9. The molecule has 10 heteroatoms. The van der Waals surface area contributed by atoms with E-state index in [1.807, 2.05) is 24.8 Å². The van der Waals surface area contributed by atoms with E-state index in [0.29, 0.717) is 36.9 Å². The molecule has 2 aliphatic rings. The highest BCUT2D eigenvalue weighted by Gasteiger charge is 2.31. The lowest BCUT2D eigenvalue weighted by Gasteiger charge is -2.39. The van der Waals surface area contributed by atoms with Crippen LogP contribution in [0.3, 0.4) is 0 Å². The van der Waals surface area contributed by atoms with Crippen LogP contribution in [0.2, 0.25) is 5.02 Å². The Bertz CT molecular complexity index is 979. The molecule has 1 heterocycles. The summed E-state index contributed by atoms with van der Waals surface area (Å²) in [5, 5.41) is 3.29. The highest BCUT2D eigenvalue weighted by Crippen LogP contribution is 2.27. The van der Waals surface area contributed by atoms with Gasteiger partial charge in [0.25, 0.3) is 0 Å². The van der Waals surface area contributed by atoms with Crippen LogP contribution in [0.15, 0.2) is 12.1 Å². The maximum atomic E-state index is 12.6. The molecule has 1 atom stereocenters. The molecule has 1 N–H and O–H groups in total. The predicted molar refractivity (Wildman–Crippen MR) is 129 cm³/mol. The maximum absolute atomic E-state index is 12.6. The van der Waals surface area contributed by atoms with E-state index >= 15 is 0 Å². The standard InChI is InChI=1S/C23H34ClN3O5S/c1-16-14-26(9-10-27(16)23(29)32-20-6-4-5-7-20)15-18-12-19(24)13-21(17(18)2)25-22(28)8-11-33(3,30)31/h12-13,16,20H,4-11,14-15H2,1-3H3,(H,25,28)/t16-/m0/s1. The minimum absolute atomic E-state index is 0.0299. The van der Waals surface area contributed by atoms with Crippen molar-refractivity contribution in [3.63, 3.8) is 0 Å². The molecule has 1 aliphatic heterocycles. The Balaban J connectivity index is 1.59. The molecule has 0 unspecified atom stereocenters. The molecule has 1 aliphatic carbocycles. The first-order valence-electron chi connectivity index (χ1n) is 11.5. The van der Waals surface area contributed by atoms with Gasteiger partial charge in [0.1, 0.15) is 15.9 Å². The van der Waals surface area contributed by atoms with E-state index < -0.39 is 9.84 Å². The Kier molecular flexibility index (Phi) is 8.64. The van der Waals surface area contributed by atoms with Crippen LogP contribution >= 0.6 is 11.6 Å². The van der Waals surface area contributed by atoms with Gasteiger partial charge in [-0.2, -0.15) is 0 Å². The van der Waals surface area contributed by atoms with E-state index in [4.69, 9.17) is 16.3 Å². The number of halogens is 1. The molecule has 1 saturated heterocycles. The summed E-state index contributed by atoms with van der Waals surface area (Å²) in [6, 6.07) is 3.59. The van der Waals surface area contributed by atoms with Gasteiger partial charge in [-0.1, -0.05) is 11.6 Å². The Morgan fingerprint density at radius 2 is 1.91 bits per heavy atom. The van der Waals surface area contributed by atoms with E-state index in [9.17, 15) is 18.0 Å². The Morgan fingerprint density at radius 1 is 1.21 bits per heavy atom. The largest absolute Gasteiger partial charge is 0.446 e. The van der Waals surface area contributed by atoms with Gasteiger partial charge in [0, 0.05) is 55.6 Å². The van der Waals surface area contributed by atoms with Gasteiger partial charge in [-0.3, -0.25) is 9.69 Å². The fraction of sp³-hybridized carbons (Fsp3) is 0.652. The molecule has 1 saturated carbocycles. The van der Waals surface area contributed by atoms with Crippen LogP contribution in [0.25, 0.3) is 0 Å². The first-order valence-corrected chi connectivity index (χ1v) is 13.9. The number of ether oxygens (including phenoxy) is 1. The minimum atomic E-state index is -3.21. The van der Waals surface area contributed by atoms with Crippen LogP contribution in [0.1, 0.15) is 50.2 Å². The number of nitrogens with zero attached hydrogens (tertiary/aromatic N) is 2. The van der Waals surface area contributed by atoms with Crippen LogP contribution < -0.4 is 5.32 Å². The third kappa shape index (κ3) is 7.58. The fourth-order valence-electron chi connectivity index (χ4n) is 4.43. The van der Waals surface area contributed by atoms with Gasteiger partial charge in [0.2, 0.25) is 5.91 Å². The zero-order chi connectivity index (χ0) is 24.2. The third-order valence-electron chi connectivity index (χ3n) is 6.36. The Morgan fingerprint density at radius 3 is 2.55 bits per heavy atom. The summed E-state index contributed by atoms with van der Waals surface area (Å²) in [6.45, 7) is 6.60. The molecule has 0 bridgehead atoms. The zero-order valence-corrected chi connectivity index (χ0v) is 21.2. The number of amides is 2. The van der Waals surface area contributed by atoms with Crippen molar-refractivity contribution < 1.29 is 22.7 Å². The molecule has 1 aromatic rings. The van der Waals surface area contributed by atoms with Crippen molar-refractivity contribution in [3.05, 3.63) is 28.3 Å². The van der Waals surface area contributed by atoms with Gasteiger partial charge in [-0.15, -0.1) is 0 Å². The first kappa shape index (κ1) is 25.8. The van der Waals surface area contributed by atoms with Gasteiger partial charge in [0.15, 0.2) is 0 Å². The average molecular weight is 500 g/mol. The third-order valence-corrected chi connectivity index (χ3v) is 7.53. The minimum Gasteiger partial charge on any atom is -0.446 e. The molecule has 0 aromatic heterocycles. The highest BCUT2D eigenvalue weighted by molar-refractivity contribution is 7.90. The van der Waals surface area contributed by atoms with Crippen molar-refractivity contribution in [3.8, 4) is 0 Å². The van der Waals surface area contributed by atoms with E-state index in [2.05, 4.69) is 10.2 Å². The van der Waals surface area contributed by atoms with Crippen LogP contribution in [-0.2, 0) is 25.9 Å². The lowest BCUT2D eigenvalue weighted by atomic mass is 10.0. The number of carbonyl (C=O) groups is 2. The summed E-state index contributed by atoms with van der Waals surface area (Å²) in [5.41, 5.74) is 2.46. The fourth-order valence-corrected chi connectivity index (χ4v) is 5.22. The second-order valence-electron chi connectivity index (χ2n) is 9.23.